The van der Waals surface area contributed by atoms with E-state index >= 15 is 0 Å². The number of fused-ring (bicyclic) bond motifs is 1. The van der Waals surface area contributed by atoms with Crippen molar-refractivity contribution in [3.05, 3.63) is 59.8 Å². The summed E-state index contributed by atoms with van der Waals surface area (Å²) in [6, 6.07) is 14.1. The van der Waals surface area contributed by atoms with Crippen LogP contribution in [0.15, 0.2) is 53.7 Å². The Morgan fingerprint density at radius 1 is 1.04 bits per heavy atom. The zero-order valence-corrected chi connectivity index (χ0v) is 13.4. The lowest BCUT2D eigenvalue weighted by molar-refractivity contribution is 0.355. The van der Waals surface area contributed by atoms with Crippen LogP contribution in [0.3, 0.4) is 0 Å². The van der Waals surface area contributed by atoms with Crippen LogP contribution in [0.25, 0.3) is 10.9 Å². The van der Waals surface area contributed by atoms with E-state index in [1.165, 1.54) is 16.5 Å². The van der Waals surface area contributed by atoms with Crippen LogP contribution in [0.2, 0.25) is 0 Å². The van der Waals surface area contributed by atoms with Crippen molar-refractivity contribution < 1.29 is 9.47 Å². The van der Waals surface area contributed by atoms with Gasteiger partial charge in [-0.3, -0.25) is 4.99 Å². The second-order valence-electron chi connectivity index (χ2n) is 5.26. The number of nitrogens with zero attached hydrogens (tertiary/aromatic N) is 1. The minimum absolute atomic E-state index is 0.716. The van der Waals surface area contributed by atoms with Gasteiger partial charge in [0.05, 0.1) is 14.2 Å². The highest BCUT2D eigenvalue weighted by Gasteiger charge is 2.03. The predicted octanol–water partition coefficient (Wildman–Crippen LogP) is 3.85. The molecule has 3 rings (SSSR count). The first-order valence-corrected chi connectivity index (χ1v) is 7.58. The zero-order chi connectivity index (χ0) is 16.1. The van der Waals surface area contributed by atoms with Gasteiger partial charge in [-0.25, -0.2) is 0 Å². The smallest absolute Gasteiger partial charge is 0.161 e. The minimum Gasteiger partial charge on any atom is -0.493 e. The second-order valence-corrected chi connectivity index (χ2v) is 5.26. The molecule has 0 atom stereocenters. The van der Waals surface area contributed by atoms with E-state index in [2.05, 4.69) is 34.4 Å². The Hall–Kier alpha value is -2.75. The molecule has 1 heterocycles. The van der Waals surface area contributed by atoms with Crippen molar-refractivity contribution >= 4 is 17.1 Å². The Kier molecular flexibility index (Phi) is 4.62. The number of hydrogen-bond donors (Lipinski definition) is 1. The van der Waals surface area contributed by atoms with E-state index in [4.69, 9.17) is 9.47 Å². The molecule has 0 saturated heterocycles. The average Bonchev–Trinajstić information content (AvgIpc) is 3.01. The molecule has 118 valence electrons. The highest BCUT2D eigenvalue weighted by Crippen LogP contribution is 2.26. The molecule has 0 bridgehead atoms. The number of ether oxygens (including phenoxy) is 2. The Morgan fingerprint density at radius 3 is 2.70 bits per heavy atom. The van der Waals surface area contributed by atoms with Gasteiger partial charge in [-0.1, -0.05) is 18.2 Å². The van der Waals surface area contributed by atoms with Crippen LogP contribution in [0.4, 0.5) is 0 Å². The van der Waals surface area contributed by atoms with Crippen LogP contribution in [0.1, 0.15) is 11.1 Å². The second kappa shape index (κ2) is 7.01. The fraction of sp³-hybridized carbons (Fsp3) is 0.211. The molecule has 0 spiro atoms. The van der Waals surface area contributed by atoms with Crippen molar-refractivity contribution in [2.45, 2.75) is 6.42 Å². The Labute approximate surface area is 135 Å². The van der Waals surface area contributed by atoms with E-state index in [-0.39, 0.29) is 0 Å². The maximum Gasteiger partial charge on any atom is 0.161 e. The summed E-state index contributed by atoms with van der Waals surface area (Å²) >= 11 is 0. The van der Waals surface area contributed by atoms with Crippen molar-refractivity contribution in [1.29, 1.82) is 0 Å². The van der Waals surface area contributed by atoms with Gasteiger partial charge in [0.25, 0.3) is 0 Å². The number of para-hydroxylation sites is 1. The molecule has 1 aromatic heterocycles. The lowest BCUT2D eigenvalue weighted by atomic mass is 10.1. The highest BCUT2D eigenvalue weighted by atomic mass is 16.5. The summed E-state index contributed by atoms with van der Waals surface area (Å²) in [5.74, 6) is 1.44. The molecular formula is C19H20N2O2. The summed E-state index contributed by atoms with van der Waals surface area (Å²) < 4.78 is 10.5. The Balaban J connectivity index is 1.65. The standard InChI is InChI=1S/C19H20N2O2/c1-22-18-8-7-14(11-19(18)23-2)12-20-10-9-15-13-21-17-6-4-3-5-16(15)17/h3-8,11-13,21H,9-10H2,1-2H3. The summed E-state index contributed by atoms with van der Waals surface area (Å²) in [6.45, 7) is 0.746. The minimum atomic E-state index is 0.716. The van der Waals surface area contributed by atoms with Crippen LogP contribution in [-0.4, -0.2) is 32.0 Å². The molecular weight excluding hydrogens is 288 g/mol. The molecule has 23 heavy (non-hydrogen) atoms. The summed E-state index contributed by atoms with van der Waals surface area (Å²) in [7, 11) is 3.27. The number of aliphatic imine (C=N–C) groups is 1. The third-order valence-corrected chi connectivity index (χ3v) is 3.83. The third-order valence-electron chi connectivity index (χ3n) is 3.83. The zero-order valence-electron chi connectivity index (χ0n) is 13.4. The molecule has 4 nitrogen and oxygen atoms in total. The van der Waals surface area contributed by atoms with E-state index in [1.807, 2.05) is 30.5 Å². The monoisotopic (exact) mass is 308 g/mol. The van der Waals surface area contributed by atoms with Gasteiger partial charge in [0.1, 0.15) is 0 Å². The van der Waals surface area contributed by atoms with Gasteiger partial charge in [0.15, 0.2) is 11.5 Å². The molecule has 3 aromatic rings. The van der Waals surface area contributed by atoms with Crippen molar-refractivity contribution in [2.24, 2.45) is 4.99 Å². The van der Waals surface area contributed by atoms with Crippen LogP contribution in [-0.2, 0) is 6.42 Å². The summed E-state index contributed by atoms with van der Waals surface area (Å²) in [4.78, 5) is 7.81. The van der Waals surface area contributed by atoms with Crippen molar-refractivity contribution in [1.82, 2.24) is 4.98 Å². The first kappa shape index (κ1) is 15.2. The van der Waals surface area contributed by atoms with Crippen molar-refractivity contribution in [2.75, 3.05) is 20.8 Å². The number of aromatic amines is 1. The van der Waals surface area contributed by atoms with Crippen LogP contribution in [0, 0.1) is 0 Å². The number of nitrogens with one attached hydrogen (secondary N) is 1. The molecule has 0 aliphatic heterocycles. The molecule has 0 radical (unpaired) electrons. The first-order valence-electron chi connectivity index (χ1n) is 7.58. The van der Waals surface area contributed by atoms with E-state index in [0.29, 0.717) is 5.75 Å². The number of benzene rings is 2. The van der Waals surface area contributed by atoms with Crippen molar-refractivity contribution in [3.8, 4) is 11.5 Å². The number of rotatable bonds is 6. The number of methoxy groups -OCH3 is 2. The predicted molar refractivity (Wildman–Crippen MR) is 94.0 cm³/mol. The van der Waals surface area contributed by atoms with E-state index in [9.17, 15) is 0 Å². The van der Waals surface area contributed by atoms with Gasteiger partial charge in [0.2, 0.25) is 0 Å². The fourth-order valence-corrected chi connectivity index (χ4v) is 2.63. The SMILES string of the molecule is COc1ccc(C=NCCc2c[nH]c3ccccc23)cc1OC. The van der Waals surface area contributed by atoms with Gasteiger partial charge < -0.3 is 14.5 Å². The molecule has 1 N–H and O–H groups in total. The van der Waals surface area contributed by atoms with E-state index < -0.39 is 0 Å². The van der Waals surface area contributed by atoms with Crippen LogP contribution in [0.5, 0.6) is 11.5 Å². The van der Waals surface area contributed by atoms with Gasteiger partial charge in [0, 0.05) is 29.9 Å². The molecule has 2 aromatic carbocycles. The first-order chi connectivity index (χ1) is 11.3. The molecule has 0 unspecified atom stereocenters. The Morgan fingerprint density at radius 2 is 1.87 bits per heavy atom. The van der Waals surface area contributed by atoms with Gasteiger partial charge in [-0.15, -0.1) is 0 Å². The molecule has 4 heteroatoms. The van der Waals surface area contributed by atoms with E-state index in [0.717, 1.165) is 24.3 Å². The Bertz CT molecular complexity index is 821. The normalized spacial score (nSPS) is 11.2. The molecule has 0 amide bonds. The largest absolute Gasteiger partial charge is 0.493 e. The lowest BCUT2D eigenvalue weighted by Gasteiger charge is -2.07. The van der Waals surface area contributed by atoms with Crippen LogP contribution >= 0.6 is 0 Å². The number of aromatic nitrogens is 1. The van der Waals surface area contributed by atoms with E-state index in [1.54, 1.807) is 14.2 Å². The lowest BCUT2D eigenvalue weighted by Crippen LogP contribution is -1.93. The highest BCUT2D eigenvalue weighted by molar-refractivity contribution is 5.83. The number of hydrogen-bond acceptors (Lipinski definition) is 3. The molecule has 0 aliphatic rings. The maximum absolute atomic E-state index is 5.30. The number of H-pyrrole nitrogens is 1. The summed E-state index contributed by atoms with van der Waals surface area (Å²) in [5, 5.41) is 1.27. The molecule has 0 aliphatic carbocycles. The van der Waals surface area contributed by atoms with Gasteiger partial charge >= 0.3 is 0 Å². The third kappa shape index (κ3) is 3.37. The molecule has 0 saturated carbocycles. The summed E-state index contributed by atoms with van der Waals surface area (Å²) in [5.41, 5.74) is 3.47. The van der Waals surface area contributed by atoms with Gasteiger partial charge in [-0.2, -0.15) is 0 Å². The van der Waals surface area contributed by atoms with Crippen molar-refractivity contribution in [3.63, 3.8) is 0 Å². The fourth-order valence-electron chi connectivity index (χ4n) is 2.63. The van der Waals surface area contributed by atoms with Gasteiger partial charge in [-0.05, 0) is 41.8 Å². The maximum atomic E-state index is 5.30. The van der Waals surface area contributed by atoms with Crippen LogP contribution < -0.4 is 9.47 Å². The molecule has 0 fully saturated rings. The summed E-state index contributed by atoms with van der Waals surface area (Å²) in [6.07, 6.45) is 4.85. The topological polar surface area (TPSA) is 46.6 Å². The average molecular weight is 308 g/mol. The quantitative estimate of drug-likeness (QED) is 0.703.